The first-order valence-electron chi connectivity index (χ1n) is 12.6. The average Bonchev–Trinajstić information content (AvgIpc) is 3.24. The van der Waals surface area contributed by atoms with Gasteiger partial charge in [-0.1, -0.05) is 29.8 Å². The lowest BCUT2D eigenvalue weighted by Crippen LogP contribution is -2.49. The molecule has 0 aliphatic carbocycles. The minimum atomic E-state index is -3.58. The molecule has 3 aromatic rings. The topological polar surface area (TPSA) is 115 Å². The predicted molar refractivity (Wildman–Crippen MR) is 145 cm³/mol. The highest BCUT2D eigenvalue weighted by Crippen LogP contribution is 2.21. The number of carbonyl (C=O) groups is 2. The van der Waals surface area contributed by atoms with Gasteiger partial charge in [-0.3, -0.25) is 14.5 Å². The number of Topliss-reactive ketones (excluding diaryl/α,β-unsaturated/α-hetero) is 1. The number of primary amides is 1. The van der Waals surface area contributed by atoms with Crippen molar-refractivity contribution in [1.29, 1.82) is 0 Å². The average molecular weight is 539 g/mol. The number of nitrogens with zero attached hydrogens (tertiary/aromatic N) is 3. The summed E-state index contributed by atoms with van der Waals surface area (Å²) < 4.78 is 34.5. The number of methoxy groups -OCH3 is 1. The molecule has 0 spiro atoms. The van der Waals surface area contributed by atoms with E-state index in [2.05, 4.69) is 0 Å². The van der Waals surface area contributed by atoms with Gasteiger partial charge in [0.15, 0.2) is 5.78 Å². The van der Waals surface area contributed by atoms with E-state index in [4.69, 9.17) is 10.5 Å². The van der Waals surface area contributed by atoms with Crippen molar-refractivity contribution in [2.24, 2.45) is 5.73 Å². The Morgan fingerprint density at radius 3 is 2.16 bits per heavy atom. The van der Waals surface area contributed by atoms with E-state index in [1.165, 1.54) is 4.31 Å². The van der Waals surface area contributed by atoms with Crippen LogP contribution in [0.5, 0.6) is 5.75 Å². The van der Waals surface area contributed by atoms with Gasteiger partial charge in [-0.2, -0.15) is 4.31 Å². The maximum Gasteiger partial charge on any atom is 0.250 e. The van der Waals surface area contributed by atoms with Gasteiger partial charge in [0.2, 0.25) is 10.0 Å². The largest absolute Gasteiger partial charge is 0.497 e. The van der Waals surface area contributed by atoms with Crippen molar-refractivity contribution in [3.63, 3.8) is 0 Å². The highest BCUT2D eigenvalue weighted by atomic mass is 32.2. The number of ether oxygens (including phenoxy) is 1. The van der Waals surface area contributed by atoms with Gasteiger partial charge in [0.05, 0.1) is 29.8 Å². The van der Waals surface area contributed by atoms with Gasteiger partial charge in [0.1, 0.15) is 5.75 Å². The van der Waals surface area contributed by atoms with Crippen LogP contribution in [0.3, 0.4) is 0 Å². The van der Waals surface area contributed by atoms with Crippen LogP contribution in [0, 0.1) is 13.8 Å². The van der Waals surface area contributed by atoms with Crippen LogP contribution in [-0.4, -0.2) is 73.7 Å². The Morgan fingerprint density at radius 1 is 0.947 bits per heavy atom. The molecule has 2 heterocycles. The third kappa shape index (κ3) is 5.98. The number of rotatable bonds is 10. The summed E-state index contributed by atoms with van der Waals surface area (Å²) in [5.74, 6) is 0.0596. The molecule has 1 aliphatic rings. The zero-order chi connectivity index (χ0) is 27.4. The molecular formula is C28H34N4O5S. The zero-order valence-electron chi connectivity index (χ0n) is 22.0. The number of aryl methyl sites for hydroxylation is 2. The molecule has 1 saturated heterocycles. The van der Waals surface area contributed by atoms with Gasteiger partial charge in [-0.05, 0) is 56.2 Å². The Morgan fingerprint density at radius 2 is 1.58 bits per heavy atom. The minimum absolute atomic E-state index is 0.128. The summed E-state index contributed by atoms with van der Waals surface area (Å²) in [7, 11) is -1.97. The summed E-state index contributed by atoms with van der Waals surface area (Å²) in [5, 5.41) is 0. The fourth-order valence-corrected chi connectivity index (χ4v) is 6.14. The number of nitrogens with two attached hydrogens (primary N) is 1. The first-order chi connectivity index (χ1) is 18.1. The molecule has 38 heavy (non-hydrogen) atoms. The van der Waals surface area contributed by atoms with E-state index in [0.29, 0.717) is 56.1 Å². The third-order valence-corrected chi connectivity index (χ3v) is 8.97. The standard InChI is InChI=1S/C28H34N4O5S/c1-20-4-10-24(11-5-20)38(35,36)31-16-14-30(15-17-31)19-27(33)26-18-25(28(29)34)21(2)32(26)13-12-22-6-8-23(37-3)9-7-22/h4-11,18H,12-17,19H2,1-3H3,(H2,29,34). The summed E-state index contributed by atoms with van der Waals surface area (Å²) in [6.45, 7) is 5.81. The van der Waals surface area contributed by atoms with Gasteiger partial charge in [0.25, 0.3) is 5.91 Å². The van der Waals surface area contributed by atoms with E-state index in [-0.39, 0.29) is 17.2 Å². The summed E-state index contributed by atoms with van der Waals surface area (Å²) >= 11 is 0. The zero-order valence-corrected chi connectivity index (χ0v) is 22.8. The van der Waals surface area contributed by atoms with Crippen LogP contribution < -0.4 is 10.5 Å². The summed E-state index contributed by atoms with van der Waals surface area (Å²) in [6.07, 6.45) is 0.660. The fraction of sp³-hybridized carbons (Fsp3) is 0.357. The van der Waals surface area contributed by atoms with Gasteiger partial charge in [-0.25, -0.2) is 8.42 Å². The van der Waals surface area contributed by atoms with Crippen LogP contribution in [0.2, 0.25) is 0 Å². The molecule has 0 bridgehead atoms. The molecule has 1 amide bonds. The maximum atomic E-state index is 13.4. The lowest BCUT2D eigenvalue weighted by atomic mass is 10.1. The number of carbonyl (C=O) groups excluding carboxylic acids is 2. The molecule has 0 unspecified atom stereocenters. The molecule has 2 aromatic carbocycles. The van der Waals surface area contributed by atoms with E-state index in [9.17, 15) is 18.0 Å². The van der Waals surface area contributed by atoms with Gasteiger partial charge in [-0.15, -0.1) is 0 Å². The molecule has 202 valence electrons. The maximum absolute atomic E-state index is 13.4. The highest BCUT2D eigenvalue weighted by Gasteiger charge is 2.30. The van der Waals surface area contributed by atoms with Crippen LogP contribution in [0.1, 0.15) is 37.7 Å². The Balaban J connectivity index is 1.43. The molecular weight excluding hydrogens is 504 g/mol. The van der Waals surface area contributed by atoms with Crippen molar-refractivity contribution >= 4 is 21.7 Å². The van der Waals surface area contributed by atoms with E-state index >= 15 is 0 Å². The van der Waals surface area contributed by atoms with Crippen molar-refractivity contribution in [2.45, 2.75) is 31.7 Å². The Bertz CT molecular complexity index is 1400. The van der Waals surface area contributed by atoms with Crippen molar-refractivity contribution in [2.75, 3.05) is 39.8 Å². The molecule has 2 N–H and O–H groups in total. The molecule has 1 fully saturated rings. The molecule has 9 nitrogen and oxygen atoms in total. The fourth-order valence-electron chi connectivity index (χ4n) is 4.72. The molecule has 0 saturated carbocycles. The number of benzene rings is 2. The number of ketones is 1. The van der Waals surface area contributed by atoms with E-state index in [1.54, 1.807) is 44.4 Å². The highest BCUT2D eigenvalue weighted by molar-refractivity contribution is 7.89. The van der Waals surface area contributed by atoms with E-state index in [0.717, 1.165) is 16.9 Å². The SMILES string of the molecule is COc1ccc(CCn2c(C(=O)CN3CCN(S(=O)(=O)c4ccc(C)cc4)CC3)cc(C(N)=O)c2C)cc1. The normalized spacial score (nSPS) is 14.9. The molecule has 1 aliphatic heterocycles. The second-order valence-electron chi connectivity index (χ2n) is 9.56. The van der Waals surface area contributed by atoms with Crippen molar-refractivity contribution in [3.8, 4) is 5.75 Å². The van der Waals surface area contributed by atoms with Crippen LogP contribution >= 0.6 is 0 Å². The number of aromatic nitrogens is 1. The van der Waals surface area contributed by atoms with E-state index < -0.39 is 15.9 Å². The minimum Gasteiger partial charge on any atom is -0.497 e. The second-order valence-corrected chi connectivity index (χ2v) is 11.5. The van der Waals surface area contributed by atoms with Crippen molar-refractivity contribution in [1.82, 2.24) is 13.8 Å². The molecule has 0 radical (unpaired) electrons. The number of sulfonamides is 1. The Kier molecular flexibility index (Phi) is 8.35. The first kappa shape index (κ1) is 27.6. The lowest BCUT2D eigenvalue weighted by molar-refractivity contribution is 0.0892. The lowest BCUT2D eigenvalue weighted by Gasteiger charge is -2.33. The van der Waals surface area contributed by atoms with Gasteiger partial charge < -0.3 is 15.0 Å². The predicted octanol–water partition coefficient (Wildman–Crippen LogP) is 2.64. The monoisotopic (exact) mass is 538 g/mol. The number of hydrogen-bond donors (Lipinski definition) is 1. The second kappa shape index (κ2) is 11.5. The Hall–Kier alpha value is -3.47. The van der Waals surface area contributed by atoms with Crippen LogP contribution in [0.15, 0.2) is 59.5 Å². The summed E-state index contributed by atoms with van der Waals surface area (Å²) in [5.41, 5.74) is 9.07. The number of piperazine rings is 1. The molecule has 1 aromatic heterocycles. The first-order valence-corrected chi connectivity index (χ1v) is 14.0. The van der Waals surface area contributed by atoms with E-state index in [1.807, 2.05) is 40.7 Å². The summed E-state index contributed by atoms with van der Waals surface area (Å²) in [6, 6.07) is 16.1. The van der Waals surface area contributed by atoms with Crippen LogP contribution in [0.25, 0.3) is 0 Å². The number of amides is 1. The summed E-state index contributed by atoms with van der Waals surface area (Å²) in [4.78, 5) is 27.6. The molecule has 10 heteroatoms. The smallest absolute Gasteiger partial charge is 0.250 e. The Labute approximate surface area is 223 Å². The molecule has 0 atom stereocenters. The third-order valence-electron chi connectivity index (χ3n) is 7.06. The number of hydrogen-bond acceptors (Lipinski definition) is 6. The van der Waals surface area contributed by atoms with Gasteiger partial charge in [0, 0.05) is 38.4 Å². The van der Waals surface area contributed by atoms with Crippen LogP contribution in [-0.2, 0) is 23.0 Å². The van der Waals surface area contributed by atoms with Crippen molar-refractivity contribution in [3.05, 3.63) is 82.7 Å². The van der Waals surface area contributed by atoms with Gasteiger partial charge >= 0.3 is 0 Å². The van der Waals surface area contributed by atoms with Crippen LogP contribution in [0.4, 0.5) is 0 Å². The van der Waals surface area contributed by atoms with Crippen molar-refractivity contribution < 1.29 is 22.7 Å². The molecule has 4 rings (SSSR count). The quantitative estimate of drug-likeness (QED) is 0.397.